The quantitative estimate of drug-likeness (QED) is 0.325. The maximum atomic E-state index is 14.7. The Labute approximate surface area is 251 Å². The number of likely N-dealkylation sites (tertiary alicyclic amines) is 1. The predicted molar refractivity (Wildman–Crippen MR) is 159 cm³/mol. The molecule has 43 heavy (non-hydrogen) atoms. The summed E-state index contributed by atoms with van der Waals surface area (Å²) in [6.07, 6.45) is 2.94. The Hall–Kier alpha value is -3.72. The fraction of sp³-hybridized carbons (Fsp3) is 0.412. The molecular formula is C34H36FNO6S. The average Bonchev–Trinajstić information content (AvgIpc) is 3.40. The fourth-order valence-electron chi connectivity index (χ4n) is 7.50. The van der Waals surface area contributed by atoms with E-state index in [2.05, 4.69) is 0 Å². The van der Waals surface area contributed by atoms with Gasteiger partial charge in [0, 0.05) is 12.0 Å². The van der Waals surface area contributed by atoms with Crippen molar-refractivity contribution in [2.75, 3.05) is 6.54 Å². The summed E-state index contributed by atoms with van der Waals surface area (Å²) < 4.78 is 48.0. The summed E-state index contributed by atoms with van der Waals surface area (Å²) in [5, 5.41) is 9.48. The van der Waals surface area contributed by atoms with Gasteiger partial charge in [0.1, 0.15) is 22.1 Å². The number of aliphatic carboxylic acids is 1. The van der Waals surface area contributed by atoms with Crippen molar-refractivity contribution in [1.82, 2.24) is 4.90 Å². The molecule has 7 nitrogen and oxygen atoms in total. The summed E-state index contributed by atoms with van der Waals surface area (Å²) in [6, 6.07) is 17.5. The first-order valence-corrected chi connectivity index (χ1v) is 16.4. The number of hydrogen-bond donors (Lipinski definition) is 1. The topological polar surface area (TPSA) is 101 Å². The molecule has 3 aromatic carbocycles. The first-order valence-electron chi connectivity index (χ1n) is 14.9. The number of carboxylic acids is 1. The molecule has 2 atom stereocenters. The molecule has 0 spiro atoms. The Morgan fingerprint density at radius 2 is 1.67 bits per heavy atom. The maximum Gasteiger partial charge on any atom is 0.306 e. The summed E-state index contributed by atoms with van der Waals surface area (Å²) >= 11 is 0. The van der Waals surface area contributed by atoms with E-state index in [0.29, 0.717) is 55.6 Å². The molecule has 2 fully saturated rings. The van der Waals surface area contributed by atoms with Crippen molar-refractivity contribution < 1.29 is 32.2 Å². The van der Waals surface area contributed by atoms with E-state index in [9.17, 15) is 27.5 Å². The van der Waals surface area contributed by atoms with E-state index in [0.717, 1.165) is 23.3 Å². The van der Waals surface area contributed by atoms with Crippen LogP contribution in [0, 0.1) is 24.1 Å². The molecule has 1 heterocycles. The van der Waals surface area contributed by atoms with Crippen molar-refractivity contribution in [2.24, 2.45) is 11.3 Å². The van der Waals surface area contributed by atoms with Crippen molar-refractivity contribution in [2.45, 2.75) is 74.5 Å². The lowest BCUT2D eigenvalue weighted by molar-refractivity contribution is -0.150. The van der Waals surface area contributed by atoms with Gasteiger partial charge in [0.05, 0.1) is 16.9 Å². The number of ether oxygens (including phenoxy) is 1. The number of amides is 1. The van der Waals surface area contributed by atoms with Crippen molar-refractivity contribution >= 4 is 21.7 Å². The molecule has 0 aromatic heterocycles. The van der Waals surface area contributed by atoms with Crippen LogP contribution < -0.4 is 4.74 Å². The Balaban J connectivity index is 1.40. The van der Waals surface area contributed by atoms with Crippen LogP contribution in [0.2, 0.25) is 0 Å². The number of rotatable bonds is 6. The number of carbonyl (C=O) groups is 2. The Kier molecular flexibility index (Phi) is 7.35. The van der Waals surface area contributed by atoms with Crippen LogP contribution in [-0.2, 0) is 30.6 Å². The van der Waals surface area contributed by atoms with E-state index in [-0.39, 0.29) is 23.8 Å². The van der Waals surface area contributed by atoms with Gasteiger partial charge in [-0.3, -0.25) is 9.59 Å². The molecule has 3 aromatic rings. The molecule has 9 heteroatoms. The van der Waals surface area contributed by atoms with E-state index >= 15 is 0 Å². The summed E-state index contributed by atoms with van der Waals surface area (Å²) in [4.78, 5) is 27.5. The second-order valence-corrected chi connectivity index (χ2v) is 14.7. The van der Waals surface area contributed by atoms with E-state index in [1.54, 1.807) is 11.0 Å². The zero-order chi connectivity index (χ0) is 30.6. The van der Waals surface area contributed by atoms with Gasteiger partial charge >= 0.3 is 5.97 Å². The lowest BCUT2D eigenvalue weighted by atomic mass is 9.70. The number of para-hydroxylation sites is 1. The molecule has 1 amide bonds. The van der Waals surface area contributed by atoms with Crippen molar-refractivity contribution in [1.29, 1.82) is 0 Å². The molecule has 1 saturated carbocycles. The predicted octanol–water partition coefficient (Wildman–Crippen LogP) is 6.42. The van der Waals surface area contributed by atoms with Crippen molar-refractivity contribution in [3.63, 3.8) is 0 Å². The molecule has 6 rings (SSSR count). The highest BCUT2D eigenvalue weighted by Gasteiger charge is 2.62. The Bertz CT molecular complexity index is 1680. The minimum atomic E-state index is -4.09. The van der Waals surface area contributed by atoms with Crippen LogP contribution in [0.15, 0.2) is 71.6 Å². The number of halogens is 1. The molecule has 1 N–H and O–H groups in total. The van der Waals surface area contributed by atoms with Crippen LogP contribution >= 0.6 is 0 Å². The third kappa shape index (κ3) is 4.82. The first-order chi connectivity index (χ1) is 20.5. The first kappa shape index (κ1) is 29.4. The van der Waals surface area contributed by atoms with E-state index in [4.69, 9.17) is 4.74 Å². The van der Waals surface area contributed by atoms with Crippen LogP contribution in [0.25, 0.3) is 0 Å². The number of hydrogen-bond acceptors (Lipinski definition) is 5. The van der Waals surface area contributed by atoms with Crippen molar-refractivity contribution in [3.8, 4) is 11.5 Å². The lowest BCUT2D eigenvalue weighted by Crippen LogP contribution is -2.55. The zero-order valence-corrected chi connectivity index (χ0v) is 25.2. The Morgan fingerprint density at radius 1 is 0.977 bits per heavy atom. The third-order valence-corrected chi connectivity index (χ3v) is 12.5. The van der Waals surface area contributed by atoms with Gasteiger partial charge in [-0.1, -0.05) is 31.2 Å². The SMILES string of the molecule is Cc1ccccc1Oc1ccc2c(c1)CC[C@H]1N(C(=O)C3(C)CCC(C(=O)O)CC3)CC[C@@]21S(=O)(=O)c1ccc(F)cc1. The second kappa shape index (κ2) is 10.8. The Morgan fingerprint density at radius 3 is 2.35 bits per heavy atom. The molecule has 0 bridgehead atoms. The van der Waals surface area contributed by atoms with Gasteiger partial charge in [0.25, 0.3) is 0 Å². The van der Waals surface area contributed by atoms with Gasteiger partial charge < -0.3 is 14.7 Å². The molecule has 1 saturated heterocycles. The third-order valence-electron chi connectivity index (χ3n) is 10.00. The number of benzene rings is 3. The average molecular weight is 606 g/mol. The van der Waals surface area contributed by atoms with E-state index < -0.39 is 43.7 Å². The molecule has 0 radical (unpaired) electrons. The normalized spacial score (nSPS) is 26.8. The number of fused-ring (bicyclic) bond motifs is 3. The smallest absolute Gasteiger partial charge is 0.306 e. The molecule has 2 aliphatic carbocycles. The minimum absolute atomic E-state index is 0.0227. The molecule has 226 valence electrons. The van der Waals surface area contributed by atoms with Crippen LogP contribution in [0.3, 0.4) is 0 Å². The second-order valence-electron chi connectivity index (χ2n) is 12.5. The van der Waals surface area contributed by atoms with Crippen LogP contribution in [0.4, 0.5) is 4.39 Å². The number of carboxylic acid groups (broad SMARTS) is 1. The largest absolute Gasteiger partial charge is 0.481 e. The van der Waals surface area contributed by atoms with Gasteiger partial charge in [-0.25, -0.2) is 12.8 Å². The lowest BCUT2D eigenvalue weighted by Gasteiger charge is -2.45. The minimum Gasteiger partial charge on any atom is -0.481 e. The summed E-state index contributed by atoms with van der Waals surface area (Å²) in [5.74, 6) is -0.615. The number of aryl methyl sites for hydroxylation is 2. The number of carbonyl (C=O) groups excluding carboxylic acids is 1. The molecule has 0 unspecified atom stereocenters. The zero-order valence-electron chi connectivity index (χ0n) is 24.4. The van der Waals surface area contributed by atoms with Gasteiger partial charge in [-0.2, -0.15) is 0 Å². The van der Waals surface area contributed by atoms with Crippen molar-refractivity contribution in [3.05, 3.63) is 89.2 Å². The van der Waals surface area contributed by atoms with Gasteiger partial charge in [-0.15, -0.1) is 0 Å². The maximum absolute atomic E-state index is 14.7. The molecule has 3 aliphatic rings. The summed E-state index contributed by atoms with van der Waals surface area (Å²) in [5.41, 5.74) is 1.73. The molecular weight excluding hydrogens is 569 g/mol. The fourth-order valence-corrected chi connectivity index (χ4v) is 9.86. The van der Waals surface area contributed by atoms with E-state index in [1.165, 1.54) is 12.1 Å². The van der Waals surface area contributed by atoms with Gasteiger partial charge in [-0.05, 0) is 111 Å². The van der Waals surface area contributed by atoms with Crippen LogP contribution in [-0.4, -0.2) is 42.9 Å². The monoisotopic (exact) mass is 605 g/mol. The highest BCUT2D eigenvalue weighted by atomic mass is 32.2. The highest BCUT2D eigenvalue weighted by Crippen LogP contribution is 2.54. The molecule has 1 aliphatic heterocycles. The van der Waals surface area contributed by atoms with Gasteiger partial charge in [0.2, 0.25) is 5.91 Å². The summed E-state index contributed by atoms with van der Waals surface area (Å²) in [7, 11) is -4.09. The van der Waals surface area contributed by atoms with Crippen LogP contribution in [0.5, 0.6) is 11.5 Å². The number of nitrogens with zero attached hydrogens (tertiary/aromatic N) is 1. The standard InChI is InChI=1S/C34H36FNO6S/c1-22-5-3-4-6-29(22)42-26-10-13-28-24(21-26)7-14-30-34(28,43(40,41)27-11-8-25(35)9-12-27)19-20-36(30)32(39)33(2)17-15-23(16-18-33)31(37)38/h3-6,8-13,21,23,30H,7,14-20H2,1-2H3,(H,37,38)/t23?,30-,33?,34-/m1/s1. The van der Waals surface area contributed by atoms with Gasteiger partial charge in [0.15, 0.2) is 9.84 Å². The number of sulfone groups is 1. The van der Waals surface area contributed by atoms with Crippen LogP contribution in [0.1, 0.15) is 62.1 Å². The van der Waals surface area contributed by atoms with E-state index in [1.807, 2.05) is 50.2 Å². The highest BCUT2D eigenvalue weighted by molar-refractivity contribution is 7.92. The summed E-state index contributed by atoms with van der Waals surface area (Å²) in [6.45, 7) is 4.11.